The van der Waals surface area contributed by atoms with Crippen LogP contribution in [0.1, 0.15) is 0 Å². The molecule has 0 aliphatic rings. The van der Waals surface area contributed by atoms with Gasteiger partial charge < -0.3 is 19.5 Å². The van der Waals surface area contributed by atoms with Gasteiger partial charge in [-0.15, -0.1) is 0 Å². The summed E-state index contributed by atoms with van der Waals surface area (Å²) in [5, 5.41) is 4.06. The van der Waals surface area contributed by atoms with Crippen LogP contribution in [0.5, 0.6) is 17.2 Å². The minimum absolute atomic E-state index is 0.693. The number of aromatic nitrogens is 1. The number of anilines is 2. The summed E-state index contributed by atoms with van der Waals surface area (Å²) >= 11 is 1.53. The number of nitrogens with one attached hydrogen (secondary N) is 1. The number of thiazole rings is 1. The third kappa shape index (κ3) is 2.65. The normalized spacial score (nSPS) is 10.5. The van der Waals surface area contributed by atoms with Gasteiger partial charge in [-0.25, -0.2) is 4.98 Å². The second-order valence-electron chi connectivity index (χ2n) is 4.52. The van der Waals surface area contributed by atoms with Gasteiger partial charge in [0.1, 0.15) is 22.8 Å². The minimum Gasteiger partial charge on any atom is -0.497 e. The number of para-hydroxylation sites is 2. The first-order valence-electron chi connectivity index (χ1n) is 6.67. The molecule has 0 amide bonds. The highest BCUT2D eigenvalue weighted by atomic mass is 32.1. The SMILES string of the molecule is COc1cc(OC)c2nc(Nc3ccccc3OC)sc2c1. The molecule has 3 rings (SSSR count). The standard InChI is InChI=1S/C16H16N2O3S/c1-19-10-8-13(21-3)15-14(9-10)22-16(18-15)17-11-6-4-5-7-12(11)20-2/h4-9H,1-3H3,(H,17,18). The fourth-order valence-corrected chi connectivity index (χ4v) is 3.09. The lowest BCUT2D eigenvalue weighted by molar-refractivity contribution is 0.397. The number of hydrogen-bond acceptors (Lipinski definition) is 6. The molecule has 0 saturated heterocycles. The zero-order valence-electron chi connectivity index (χ0n) is 12.5. The molecular weight excluding hydrogens is 300 g/mol. The summed E-state index contributed by atoms with van der Waals surface area (Å²) < 4.78 is 17.0. The fourth-order valence-electron chi connectivity index (χ4n) is 2.16. The van der Waals surface area contributed by atoms with Crippen LogP contribution in [0.3, 0.4) is 0 Å². The maximum absolute atomic E-state index is 5.39. The summed E-state index contributed by atoms with van der Waals surface area (Å²) in [7, 11) is 4.91. The highest BCUT2D eigenvalue weighted by Gasteiger charge is 2.12. The molecule has 1 N–H and O–H groups in total. The van der Waals surface area contributed by atoms with Crippen molar-refractivity contribution in [3.05, 3.63) is 36.4 Å². The van der Waals surface area contributed by atoms with E-state index < -0.39 is 0 Å². The zero-order chi connectivity index (χ0) is 15.5. The van der Waals surface area contributed by atoms with Gasteiger partial charge in [-0.05, 0) is 18.2 Å². The fraction of sp³-hybridized carbons (Fsp3) is 0.188. The number of ether oxygens (including phenoxy) is 3. The molecule has 0 fully saturated rings. The van der Waals surface area contributed by atoms with Crippen LogP contribution >= 0.6 is 11.3 Å². The molecule has 0 spiro atoms. The molecule has 1 aromatic heterocycles. The first-order valence-corrected chi connectivity index (χ1v) is 7.49. The van der Waals surface area contributed by atoms with Crippen LogP contribution in [0.4, 0.5) is 10.8 Å². The van der Waals surface area contributed by atoms with E-state index in [4.69, 9.17) is 14.2 Å². The van der Waals surface area contributed by atoms with E-state index in [0.717, 1.165) is 32.5 Å². The second-order valence-corrected chi connectivity index (χ2v) is 5.55. The van der Waals surface area contributed by atoms with Crippen molar-refractivity contribution in [3.63, 3.8) is 0 Å². The Bertz CT molecular complexity index is 801. The van der Waals surface area contributed by atoms with E-state index in [1.54, 1.807) is 21.3 Å². The summed E-state index contributed by atoms with van der Waals surface area (Å²) in [6.45, 7) is 0. The van der Waals surface area contributed by atoms with Crippen LogP contribution in [0.2, 0.25) is 0 Å². The average Bonchev–Trinajstić information content (AvgIpc) is 2.96. The van der Waals surface area contributed by atoms with Gasteiger partial charge in [-0.2, -0.15) is 0 Å². The molecule has 3 aromatic rings. The monoisotopic (exact) mass is 316 g/mol. The Morgan fingerprint density at radius 2 is 1.73 bits per heavy atom. The molecule has 0 saturated carbocycles. The summed E-state index contributed by atoms with van der Waals surface area (Å²) in [5.74, 6) is 2.21. The van der Waals surface area contributed by atoms with E-state index in [9.17, 15) is 0 Å². The van der Waals surface area contributed by atoms with Gasteiger partial charge in [-0.1, -0.05) is 23.5 Å². The predicted molar refractivity (Wildman–Crippen MR) is 89.0 cm³/mol. The number of benzene rings is 2. The Labute approximate surface area is 132 Å². The average molecular weight is 316 g/mol. The summed E-state index contributed by atoms with van der Waals surface area (Å²) in [6, 6.07) is 11.5. The van der Waals surface area contributed by atoms with Crippen molar-refractivity contribution in [2.45, 2.75) is 0 Å². The molecule has 5 nitrogen and oxygen atoms in total. The number of nitrogens with zero attached hydrogens (tertiary/aromatic N) is 1. The summed E-state index contributed by atoms with van der Waals surface area (Å²) in [4.78, 5) is 4.60. The second kappa shape index (κ2) is 6.11. The van der Waals surface area contributed by atoms with Crippen molar-refractivity contribution in [1.29, 1.82) is 0 Å². The van der Waals surface area contributed by atoms with Crippen LogP contribution in [-0.2, 0) is 0 Å². The summed E-state index contributed by atoms with van der Waals surface area (Å²) in [6.07, 6.45) is 0. The van der Waals surface area contributed by atoms with Gasteiger partial charge in [-0.3, -0.25) is 0 Å². The third-order valence-electron chi connectivity index (χ3n) is 3.24. The Hall–Kier alpha value is -2.47. The van der Waals surface area contributed by atoms with Gasteiger partial charge in [0.25, 0.3) is 0 Å². The maximum Gasteiger partial charge on any atom is 0.188 e. The lowest BCUT2D eigenvalue weighted by atomic mass is 10.3. The lowest BCUT2D eigenvalue weighted by Crippen LogP contribution is -1.93. The number of fused-ring (bicyclic) bond motifs is 1. The van der Waals surface area contributed by atoms with Gasteiger partial charge in [0, 0.05) is 6.07 Å². The van der Waals surface area contributed by atoms with E-state index in [-0.39, 0.29) is 0 Å². The summed E-state index contributed by atoms with van der Waals surface area (Å²) in [5.41, 5.74) is 1.68. The molecule has 6 heteroatoms. The molecule has 0 radical (unpaired) electrons. The molecule has 0 aliphatic heterocycles. The van der Waals surface area contributed by atoms with Crippen molar-refractivity contribution >= 4 is 32.4 Å². The molecule has 114 valence electrons. The highest BCUT2D eigenvalue weighted by Crippen LogP contribution is 2.38. The van der Waals surface area contributed by atoms with Crippen molar-refractivity contribution in [2.75, 3.05) is 26.6 Å². The largest absolute Gasteiger partial charge is 0.497 e. The lowest BCUT2D eigenvalue weighted by Gasteiger charge is -2.07. The van der Waals surface area contributed by atoms with Crippen LogP contribution in [0.15, 0.2) is 36.4 Å². The van der Waals surface area contributed by atoms with Crippen molar-refractivity contribution in [1.82, 2.24) is 4.98 Å². The van der Waals surface area contributed by atoms with Gasteiger partial charge >= 0.3 is 0 Å². The molecule has 0 aliphatic carbocycles. The number of rotatable bonds is 5. The smallest absolute Gasteiger partial charge is 0.188 e. The van der Waals surface area contributed by atoms with Gasteiger partial charge in [0.2, 0.25) is 0 Å². The zero-order valence-corrected chi connectivity index (χ0v) is 13.4. The van der Waals surface area contributed by atoms with Crippen LogP contribution in [0, 0.1) is 0 Å². The number of methoxy groups -OCH3 is 3. The Kier molecular flexibility index (Phi) is 4.02. The molecule has 22 heavy (non-hydrogen) atoms. The van der Waals surface area contributed by atoms with E-state index in [2.05, 4.69) is 10.3 Å². The number of hydrogen-bond donors (Lipinski definition) is 1. The minimum atomic E-state index is 0.693. The third-order valence-corrected chi connectivity index (χ3v) is 4.16. The first kappa shape index (κ1) is 14.5. The predicted octanol–water partition coefficient (Wildman–Crippen LogP) is 4.07. The Balaban J connectivity index is 2.01. The molecule has 2 aromatic carbocycles. The van der Waals surface area contributed by atoms with Crippen molar-refractivity contribution in [3.8, 4) is 17.2 Å². The maximum atomic E-state index is 5.39. The Morgan fingerprint density at radius 3 is 2.45 bits per heavy atom. The van der Waals surface area contributed by atoms with E-state index >= 15 is 0 Å². The molecule has 1 heterocycles. The topological polar surface area (TPSA) is 52.6 Å². The first-order chi connectivity index (χ1) is 10.7. The van der Waals surface area contributed by atoms with Crippen molar-refractivity contribution < 1.29 is 14.2 Å². The molecular formula is C16H16N2O3S. The van der Waals surface area contributed by atoms with E-state index in [0.29, 0.717) is 5.75 Å². The van der Waals surface area contributed by atoms with Crippen molar-refractivity contribution in [2.24, 2.45) is 0 Å². The van der Waals surface area contributed by atoms with E-state index in [1.807, 2.05) is 36.4 Å². The van der Waals surface area contributed by atoms with E-state index in [1.165, 1.54) is 11.3 Å². The molecule has 0 unspecified atom stereocenters. The molecule has 0 bridgehead atoms. The van der Waals surface area contributed by atoms with Gasteiger partial charge in [0.15, 0.2) is 5.13 Å². The quantitative estimate of drug-likeness (QED) is 0.769. The highest BCUT2D eigenvalue weighted by molar-refractivity contribution is 7.22. The van der Waals surface area contributed by atoms with Crippen LogP contribution in [0.25, 0.3) is 10.2 Å². The van der Waals surface area contributed by atoms with Crippen LogP contribution in [-0.4, -0.2) is 26.3 Å². The van der Waals surface area contributed by atoms with Crippen LogP contribution < -0.4 is 19.5 Å². The molecule has 0 atom stereocenters. The Morgan fingerprint density at radius 1 is 0.955 bits per heavy atom. The van der Waals surface area contributed by atoms with Gasteiger partial charge in [0.05, 0.1) is 31.7 Å².